The van der Waals surface area contributed by atoms with E-state index in [0.717, 1.165) is 19.3 Å². The molecule has 1 saturated carbocycles. The first-order valence-corrected chi connectivity index (χ1v) is 5.85. The topological polar surface area (TPSA) is 47.6 Å². The molecule has 1 aliphatic carbocycles. The van der Waals surface area contributed by atoms with E-state index < -0.39 is 6.10 Å². The van der Waals surface area contributed by atoms with Crippen LogP contribution in [0, 0.1) is 0 Å². The van der Waals surface area contributed by atoms with Crippen molar-refractivity contribution in [1.29, 1.82) is 0 Å². The standard InChI is InChI=1S/C10H16ClNO3/c11-7-2-1-3-8(7)12-10(13)9-6-14-4-5-15-9/h7-9H,1-6H2,(H,12,13). The van der Waals surface area contributed by atoms with Crippen molar-refractivity contribution in [2.45, 2.75) is 36.8 Å². The molecule has 0 aromatic heterocycles. The third kappa shape index (κ3) is 2.83. The highest BCUT2D eigenvalue weighted by Crippen LogP contribution is 2.24. The second-order valence-electron chi connectivity index (χ2n) is 4.00. The highest BCUT2D eigenvalue weighted by molar-refractivity contribution is 6.21. The molecular weight excluding hydrogens is 218 g/mol. The summed E-state index contributed by atoms with van der Waals surface area (Å²) in [7, 11) is 0. The third-order valence-corrected chi connectivity index (χ3v) is 3.39. The molecule has 2 rings (SSSR count). The zero-order valence-corrected chi connectivity index (χ0v) is 9.33. The number of carbonyl (C=O) groups excluding carboxylic acids is 1. The van der Waals surface area contributed by atoms with Crippen LogP contribution in [0.3, 0.4) is 0 Å². The molecule has 1 N–H and O–H groups in total. The number of hydrogen-bond acceptors (Lipinski definition) is 3. The van der Waals surface area contributed by atoms with E-state index in [-0.39, 0.29) is 17.3 Å². The van der Waals surface area contributed by atoms with Crippen molar-refractivity contribution in [3.8, 4) is 0 Å². The first kappa shape index (κ1) is 11.2. The number of nitrogens with one attached hydrogen (secondary N) is 1. The van der Waals surface area contributed by atoms with Gasteiger partial charge in [-0.25, -0.2) is 0 Å². The minimum atomic E-state index is -0.455. The minimum absolute atomic E-state index is 0.0680. The van der Waals surface area contributed by atoms with Crippen LogP contribution < -0.4 is 5.32 Å². The third-order valence-electron chi connectivity index (χ3n) is 2.87. The Bertz CT molecular complexity index is 231. The van der Waals surface area contributed by atoms with Gasteiger partial charge in [0.2, 0.25) is 0 Å². The van der Waals surface area contributed by atoms with Crippen molar-refractivity contribution in [2.24, 2.45) is 0 Å². The lowest BCUT2D eigenvalue weighted by atomic mass is 10.2. The Labute approximate surface area is 94.3 Å². The second kappa shape index (κ2) is 5.14. The summed E-state index contributed by atoms with van der Waals surface area (Å²) in [5.41, 5.74) is 0. The Morgan fingerprint density at radius 2 is 2.20 bits per heavy atom. The van der Waals surface area contributed by atoms with Crippen LogP contribution >= 0.6 is 11.6 Å². The van der Waals surface area contributed by atoms with E-state index in [2.05, 4.69) is 5.32 Å². The molecule has 4 nitrogen and oxygen atoms in total. The molecule has 3 atom stereocenters. The molecule has 1 heterocycles. The summed E-state index contributed by atoms with van der Waals surface area (Å²) in [5, 5.41) is 2.99. The van der Waals surface area contributed by atoms with Crippen LogP contribution in [0.5, 0.6) is 0 Å². The normalized spacial score (nSPS) is 36.5. The van der Waals surface area contributed by atoms with E-state index in [0.29, 0.717) is 19.8 Å². The van der Waals surface area contributed by atoms with Crippen molar-refractivity contribution >= 4 is 17.5 Å². The molecule has 0 spiro atoms. The monoisotopic (exact) mass is 233 g/mol. The van der Waals surface area contributed by atoms with Crippen LogP contribution in [0.4, 0.5) is 0 Å². The van der Waals surface area contributed by atoms with Crippen LogP contribution in [0.25, 0.3) is 0 Å². The van der Waals surface area contributed by atoms with Gasteiger partial charge < -0.3 is 14.8 Å². The van der Waals surface area contributed by atoms with Gasteiger partial charge in [0.25, 0.3) is 5.91 Å². The van der Waals surface area contributed by atoms with E-state index >= 15 is 0 Å². The lowest BCUT2D eigenvalue weighted by molar-refractivity contribution is -0.148. The van der Waals surface area contributed by atoms with Crippen LogP contribution in [0.2, 0.25) is 0 Å². The summed E-state index contributed by atoms with van der Waals surface area (Å²) in [6, 6.07) is 0.102. The largest absolute Gasteiger partial charge is 0.376 e. The Kier molecular flexibility index (Phi) is 3.83. The fourth-order valence-electron chi connectivity index (χ4n) is 1.99. The first-order valence-electron chi connectivity index (χ1n) is 5.41. The van der Waals surface area contributed by atoms with Gasteiger partial charge in [-0.05, 0) is 19.3 Å². The van der Waals surface area contributed by atoms with Gasteiger partial charge in [-0.2, -0.15) is 0 Å². The predicted octanol–water partition coefficient (Wildman–Crippen LogP) is 0.678. The van der Waals surface area contributed by atoms with E-state index in [4.69, 9.17) is 21.1 Å². The molecule has 2 fully saturated rings. The Morgan fingerprint density at radius 3 is 2.80 bits per heavy atom. The summed E-state index contributed by atoms with van der Waals surface area (Å²) in [6.45, 7) is 1.42. The van der Waals surface area contributed by atoms with E-state index in [1.807, 2.05) is 0 Å². The van der Waals surface area contributed by atoms with Crippen LogP contribution in [-0.4, -0.2) is 43.3 Å². The van der Waals surface area contributed by atoms with Gasteiger partial charge in [0, 0.05) is 6.04 Å². The highest BCUT2D eigenvalue weighted by Gasteiger charge is 2.30. The summed E-state index contributed by atoms with van der Waals surface area (Å²) < 4.78 is 10.5. The number of rotatable bonds is 2. The van der Waals surface area contributed by atoms with Gasteiger partial charge in [0.1, 0.15) is 0 Å². The molecule has 0 bridgehead atoms. The SMILES string of the molecule is O=C(NC1CCCC1Cl)C1COCCO1. The van der Waals surface area contributed by atoms with Crippen LogP contribution in [-0.2, 0) is 14.3 Å². The van der Waals surface area contributed by atoms with Gasteiger partial charge in [-0.1, -0.05) is 0 Å². The molecule has 2 aliphatic rings. The average molecular weight is 234 g/mol. The summed E-state index contributed by atoms with van der Waals surface area (Å²) >= 11 is 6.07. The van der Waals surface area contributed by atoms with Crippen molar-refractivity contribution < 1.29 is 14.3 Å². The highest BCUT2D eigenvalue weighted by atomic mass is 35.5. The van der Waals surface area contributed by atoms with Gasteiger partial charge in [0.05, 0.1) is 25.2 Å². The lowest BCUT2D eigenvalue weighted by Crippen LogP contribution is -2.47. The van der Waals surface area contributed by atoms with Crippen molar-refractivity contribution in [1.82, 2.24) is 5.32 Å². The second-order valence-corrected chi connectivity index (χ2v) is 4.56. The summed E-state index contributed by atoms with van der Waals surface area (Å²) in [5.74, 6) is -0.0905. The van der Waals surface area contributed by atoms with Crippen molar-refractivity contribution in [3.63, 3.8) is 0 Å². The Balaban J connectivity index is 1.80. The number of alkyl halides is 1. The smallest absolute Gasteiger partial charge is 0.251 e. The fraction of sp³-hybridized carbons (Fsp3) is 0.900. The molecule has 15 heavy (non-hydrogen) atoms. The molecule has 0 aromatic carbocycles. The maximum Gasteiger partial charge on any atom is 0.251 e. The zero-order valence-electron chi connectivity index (χ0n) is 8.58. The minimum Gasteiger partial charge on any atom is -0.376 e. The summed E-state index contributed by atoms with van der Waals surface area (Å²) in [4.78, 5) is 11.7. The number of ether oxygens (including phenoxy) is 2. The van der Waals surface area contributed by atoms with Crippen LogP contribution in [0.15, 0.2) is 0 Å². The molecule has 0 aromatic rings. The van der Waals surface area contributed by atoms with Gasteiger partial charge >= 0.3 is 0 Å². The van der Waals surface area contributed by atoms with E-state index in [1.165, 1.54) is 0 Å². The van der Waals surface area contributed by atoms with E-state index in [9.17, 15) is 4.79 Å². The van der Waals surface area contributed by atoms with Crippen molar-refractivity contribution in [2.75, 3.05) is 19.8 Å². The molecule has 5 heteroatoms. The van der Waals surface area contributed by atoms with Gasteiger partial charge in [-0.15, -0.1) is 11.6 Å². The quantitative estimate of drug-likeness (QED) is 0.714. The van der Waals surface area contributed by atoms with Crippen LogP contribution in [0.1, 0.15) is 19.3 Å². The Hall–Kier alpha value is -0.320. The summed E-state index contributed by atoms with van der Waals surface area (Å²) in [6.07, 6.45) is 2.58. The van der Waals surface area contributed by atoms with Crippen molar-refractivity contribution in [3.05, 3.63) is 0 Å². The number of hydrogen-bond donors (Lipinski definition) is 1. The molecular formula is C10H16ClNO3. The zero-order chi connectivity index (χ0) is 10.7. The maximum absolute atomic E-state index is 11.7. The average Bonchev–Trinajstić information content (AvgIpc) is 2.66. The number of halogens is 1. The number of carbonyl (C=O) groups is 1. The molecule has 1 aliphatic heterocycles. The molecule has 1 saturated heterocycles. The number of amides is 1. The lowest BCUT2D eigenvalue weighted by Gasteiger charge is -2.24. The molecule has 0 radical (unpaired) electrons. The maximum atomic E-state index is 11.7. The van der Waals surface area contributed by atoms with Gasteiger partial charge in [-0.3, -0.25) is 4.79 Å². The predicted molar refractivity (Wildman–Crippen MR) is 56.0 cm³/mol. The first-order chi connectivity index (χ1) is 7.27. The molecule has 1 amide bonds. The molecule has 3 unspecified atom stereocenters. The Morgan fingerprint density at radius 1 is 1.33 bits per heavy atom. The molecule has 86 valence electrons. The fourth-order valence-corrected chi connectivity index (χ4v) is 2.34. The van der Waals surface area contributed by atoms with E-state index in [1.54, 1.807) is 0 Å². The van der Waals surface area contributed by atoms with Gasteiger partial charge in [0.15, 0.2) is 6.10 Å².